The Bertz CT molecular complexity index is 1280. The molecule has 2 aliphatic rings. The van der Waals surface area contributed by atoms with Crippen molar-refractivity contribution >= 4 is 11.8 Å². The number of likely N-dealkylation sites (tertiary alicyclic amines) is 1. The van der Waals surface area contributed by atoms with Gasteiger partial charge in [-0.1, -0.05) is 24.3 Å². The second-order valence-electron chi connectivity index (χ2n) is 10.2. The highest BCUT2D eigenvalue weighted by Gasteiger charge is 2.36. The van der Waals surface area contributed by atoms with Crippen LogP contribution in [0.4, 0.5) is 19.4 Å². The van der Waals surface area contributed by atoms with Gasteiger partial charge in [-0.3, -0.25) is 10.2 Å². The molecule has 1 aromatic heterocycles. The van der Waals surface area contributed by atoms with E-state index in [1.807, 2.05) is 37.3 Å². The number of carbonyl (C=O) groups is 1. The van der Waals surface area contributed by atoms with Gasteiger partial charge in [0.1, 0.15) is 5.82 Å². The Morgan fingerprint density at radius 3 is 2.58 bits per heavy atom. The summed E-state index contributed by atoms with van der Waals surface area (Å²) in [5.74, 6) is -1.33. The molecule has 0 radical (unpaired) electrons. The molecular weight excluding hydrogens is 492 g/mol. The van der Waals surface area contributed by atoms with Crippen LogP contribution in [0.5, 0.6) is 0 Å². The highest BCUT2D eigenvalue weighted by molar-refractivity contribution is 5.90. The predicted octanol–water partition coefficient (Wildman–Crippen LogP) is 3.93. The molecule has 2 atom stereocenters. The third-order valence-electron chi connectivity index (χ3n) is 7.59. The number of halogens is 2. The minimum absolute atomic E-state index is 0.139. The monoisotopic (exact) mass is 525 g/mol. The molecule has 2 aromatic carbocycles. The number of aliphatic hydroxyl groups excluding tert-OH is 1. The maximum absolute atomic E-state index is 14.1. The van der Waals surface area contributed by atoms with Crippen LogP contribution in [0.3, 0.4) is 0 Å². The number of nitrogens with zero attached hydrogens (tertiary/aromatic N) is 3. The smallest absolute Gasteiger partial charge is 0.320 e. The van der Waals surface area contributed by atoms with E-state index >= 15 is 0 Å². The van der Waals surface area contributed by atoms with Crippen molar-refractivity contribution in [1.82, 2.24) is 20.0 Å². The Labute approximate surface area is 220 Å². The fourth-order valence-electron chi connectivity index (χ4n) is 5.44. The third-order valence-corrected chi connectivity index (χ3v) is 7.59. The maximum Gasteiger partial charge on any atom is 0.320 e. The van der Waals surface area contributed by atoms with Crippen LogP contribution in [0.15, 0.2) is 48.5 Å². The lowest BCUT2D eigenvalue weighted by Gasteiger charge is -2.30. The number of para-hydroxylation sites is 1. The molecule has 1 aliphatic carbocycles. The molecule has 5 rings (SSSR count). The zero-order valence-corrected chi connectivity index (χ0v) is 21.5. The van der Waals surface area contributed by atoms with Crippen molar-refractivity contribution < 1.29 is 23.4 Å². The van der Waals surface area contributed by atoms with E-state index in [9.17, 15) is 18.7 Å². The molecule has 0 unspecified atom stereocenters. The zero-order chi connectivity index (χ0) is 26.8. The number of methoxy groups -OCH3 is 1. The lowest BCUT2D eigenvalue weighted by atomic mass is 9.79. The largest absolute Gasteiger partial charge is 0.393 e. The van der Waals surface area contributed by atoms with Gasteiger partial charge < -0.3 is 15.2 Å². The Kier molecular flexibility index (Phi) is 7.73. The summed E-state index contributed by atoms with van der Waals surface area (Å²) < 4.78 is 34.6. The molecule has 2 amide bonds. The van der Waals surface area contributed by atoms with Crippen LogP contribution in [0.25, 0.3) is 5.69 Å². The summed E-state index contributed by atoms with van der Waals surface area (Å²) in [5, 5.41) is 20.7. The lowest BCUT2D eigenvalue weighted by Crippen LogP contribution is -2.42. The van der Waals surface area contributed by atoms with Crippen molar-refractivity contribution in [3.63, 3.8) is 0 Å². The molecule has 0 spiro atoms. The second kappa shape index (κ2) is 11.2. The normalized spacial score (nSPS) is 23.3. The summed E-state index contributed by atoms with van der Waals surface area (Å²) in [6.07, 6.45) is 0.971. The van der Waals surface area contributed by atoms with E-state index in [0.717, 1.165) is 23.0 Å². The first-order valence-electron chi connectivity index (χ1n) is 12.9. The van der Waals surface area contributed by atoms with Gasteiger partial charge in [-0.2, -0.15) is 5.10 Å². The fraction of sp³-hybridized carbons (Fsp3) is 0.429. The van der Waals surface area contributed by atoms with Crippen LogP contribution < -0.4 is 10.6 Å². The van der Waals surface area contributed by atoms with Gasteiger partial charge in [-0.25, -0.2) is 18.3 Å². The number of nitrogens with one attached hydrogen (secondary N) is 2. The number of aromatic nitrogens is 2. The number of urea groups is 1. The van der Waals surface area contributed by atoms with E-state index in [1.54, 1.807) is 17.9 Å². The topological polar surface area (TPSA) is 91.7 Å². The van der Waals surface area contributed by atoms with Gasteiger partial charge in [0.05, 0.1) is 30.1 Å². The summed E-state index contributed by atoms with van der Waals surface area (Å²) in [6.45, 7) is 4.23. The van der Waals surface area contributed by atoms with Crippen molar-refractivity contribution in [2.75, 3.05) is 38.7 Å². The number of ether oxygens (including phenoxy) is 1. The number of carbonyl (C=O) groups excluding carboxylic acids is 1. The van der Waals surface area contributed by atoms with E-state index in [1.165, 1.54) is 6.07 Å². The molecule has 8 nitrogen and oxygen atoms in total. The highest BCUT2D eigenvalue weighted by Crippen LogP contribution is 2.40. The Morgan fingerprint density at radius 1 is 1.13 bits per heavy atom. The van der Waals surface area contributed by atoms with Gasteiger partial charge in [-0.15, -0.1) is 0 Å². The third kappa shape index (κ3) is 5.43. The van der Waals surface area contributed by atoms with Crippen LogP contribution in [-0.4, -0.2) is 71.3 Å². The number of aliphatic hydroxyl groups is 1. The SMILES string of the molecule is COCCN1C[C@@H](NC(=O)Nc2c(C)c(C3CC(O)C3)nn2-c2ccccc2)[C@H](c2ccc(F)c(F)c2)C1. The van der Waals surface area contributed by atoms with E-state index in [0.29, 0.717) is 50.5 Å². The first-order valence-corrected chi connectivity index (χ1v) is 12.9. The van der Waals surface area contributed by atoms with E-state index in [4.69, 9.17) is 9.84 Å². The van der Waals surface area contributed by atoms with Crippen molar-refractivity contribution in [1.29, 1.82) is 0 Å². The average molecular weight is 526 g/mol. The molecule has 3 N–H and O–H groups in total. The van der Waals surface area contributed by atoms with Crippen LogP contribution in [0.2, 0.25) is 0 Å². The van der Waals surface area contributed by atoms with Gasteiger partial charge in [0.15, 0.2) is 11.6 Å². The fourth-order valence-corrected chi connectivity index (χ4v) is 5.44. The van der Waals surface area contributed by atoms with Gasteiger partial charge in [0.25, 0.3) is 0 Å². The van der Waals surface area contributed by atoms with Crippen LogP contribution in [0.1, 0.15) is 41.5 Å². The summed E-state index contributed by atoms with van der Waals surface area (Å²) in [4.78, 5) is 15.5. The summed E-state index contributed by atoms with van der Waals surface area (Å²) in [6, 6.07) is 12.7. The van der Waals surface area contributed by atoms with Crippen LogP contribution >= 0.6 is 0 Å². The lowest BCUT2D eigenvalue weighted by molar-refractivity contribution is 0.0729. The van der Waals surface area contributed by atoms with Crippen molar-refractivity contribution in [2.45, 2.75) is 43.7 Å². The van der Waals surface area contributed by atoms with Gasteiger partial charge in [0.2, 0.25) is 0 Å². The molecule has 3 aromatic rings. The number of amides is 2. The zero-order valence-electron chi connectivity index (χ0n) is 21.5. The first kappa shape index (κ1) is 26.3. The maximum atomic E-state index is 14.1. The number of hydrogen-bond donors (Lipinski definition) is 3. The molecular formula is C28H33F2N5O3. The number of hydrogen-bond acceptors (Lipinski definition) is 5. The Balaban J connectivity index is 1.38. The molecule has 10 heteroatoms. The molecule has 38 heavy (non-hydrogen) atoms. The summed E-state index contributed by atoms with van der Waals surface area (Å²) in [7, 11) is 1.63. The van der Waals surface area contributed by atoms with Gasteiger partial charge in [0, 0.05) is 44.1 Å². The Hall–Kier alpha value is -3.34. The number of rotatable bonds is 8. The molecule has 202 valence electrons. The number of anilines is 1. The Morgan fingerprint density at radius 2 is 1.89 bits per heavy atom. The quantitative estimate of drug-likeness (QED) is 0.415. The van der Waals surface area contributed by atoms with Crippen LogP contribution in [-0.2, 0) is 4.74 Å². The summed E-state index contributed by atoms with van der Waals surface area (Å²) in [5.41, 5.74) is 3.15. The van der Waals surface area contributed by atoms with Gasteiger partial charge in [-0.05, 0) is 49.6 Å². The number of benzene rings is 2. The van der Waals surface area contributed by atoms with E-state index in [2.05, 4.69) is 15.5 Å². The molecule has 2 fully saturated rings. The second-order valence-corrected chi connectivity index (χ2v) is 10.2. The molecule has 1 saturated carbocycles. The van der Waals surface area contributed by atoms with E-state index in [-0.39, 0.29) is 24.0 Å². The van der Waals surface area contributed by atoms with E-state index < -0.39 is 17.7 Å². The molecule has 0 bridgehead atoms. The van der Waals surface area contributed by atoms with Crippen LogP contribution in [0, 0.1) is 18.6 Å². The average Bonchev–Trinajstić information content (AvgIpc) is 3.43. The minimum atomic E-state index is -0.905. The van der Waals surface area contributed by atoms with Gasteiger partial charge >= 0.3 is 6.03 Å². The molecule has 2 heterocycles. The minimum Gasteiger partial charge on any atom is -0.393 e. The first-order chi connectivity index (χ1) is 18.3. The molecule has 1 saturated heterocycles. The summed E-state index contributed by atoms with van der Waals surface area (Å²) >= 11 is 0. The molecule has 1 aliphatic heterocycles. The van der Waals surface area contributed by atoms with Crippen molar-refractivity contribution in [3.05, 3.63) is 77.0 Å². The highest BCUT2D eigenvalue weighted by atomic mass is 19.2. The predicted molar refractivity (Wildman–Crippen MR) is 140 cm³/mol. The standard InChI is InChI=1S/C28H33F2N5O3/c1-17-26(19-12-21(36)13-19)33-35(20-6-4-3-5-7-20)27(17)32-28(37)31-25-16-34(10-11-38-2)15-22(25)18-8-9-23(29)24(30)14-18/h3-9,14,19,21-22,25,36H,10-13,15-16H2,1-2H3,(H2,31,32,37)/t19?,21?,22-,25+/m0/s1. The van der Waals surface area contributed by atoms with Crippen molar-refractivity contribution in [3.8, 4) is 5.69 Å². The van der Waals surface area contributed by atoms with Crippen molar-refractivity contribution in [2.24, 2.45) is 0 Å².